The Labute approximate surface area is 174 Å². The van der Waals surface area contributed by atoms with Crippen LogP contribution in [0.3, 0.4) is 0 Å². The maximum atomic E-state index is 12.7. The number of hydrogen-bond acceptors (Lipinski definition) is 7. The molecule has 8 nitrogen and oxygen atoms in total. The molecule has 0 amide bonds. The van der Waals surface area contributed by atoms with Crippen molar-refractivity contribution >= 4 is 0 Å². The number of ether oxygens (including phenoxy) is 2. The molecule has 0 aliphatic carbocycles. The fourth-order valence-corrected chi connectivity index (χ4v) is 3.70. The second kappa shape index (κ2) is 9.04. The van der Waals surface area contributed by atoms with Gasteiger partial charge in [-0.2, -0.15) is 0 Å². The molecule has 1 N–H and O–H groups in total. The van der Waals surface area contributed by atoms with E-state index in [1.807, 2.05) is 19.1 Å². The van der Waals surface area contributed by atoms with Gasteiger partial charge in [0.05, 0.1) is 25.6 Å². The Kier molecular flexibility index (Phi) is 6.04. The normalized spacial score (nSPS) is 14.1. The molecule has 0 saturated carbocycles. The molecule has 1 aliphatic heterocycles. The lowest BCUT2D eigenvalue weighted by Gasteiger charge is -2.20. The van der Waals surface area contributed by atoms with Gasteiger partial charge in [0, 0.05) is 44.0 Å². The van der Waals surface area contributed by atoms with Crippen LogP contribution in [0.2, 0.25) is 0 Å². The van der Waals surface area contributed by atoms with Gasteiger partial charge in [0.1, 0.15) is 5.69 Å². The summed E-state index contributed by atoms with van der Waals surface area (Å²) in [6.45, 7) is 4.92. The molecule has 30 heavy (non-hydrogen) atoms. The van der Waals surface area contributed by atoms with Crippen LogP contribution >= 0.6 is 0 Å². The van der Waals surface area contributed by atoms with E-state index in [1.54, 1.807) is 25.7 Å². The van der Waals surface area contributed by atoms with Crippen molar-refractivity contribution in [1.82, 2.24) is 24.8 Å². The number of nitrogens with zero attached hydrogens (tertiary/aromatic N) is 4. The van der Waals surface area contributed by atoms with Crippen molar-refractivity contribution in [3.8, 4) is 23.0 Å². The zero-order chi connectivity index (χ0) is 20.9. The molecule has 8 heteroatoms. The van der Waals surface area contributed by atoms with E-state index in [0.29, 0.717) is 31.0 Å². The third kappa shape index (κ3) is 4.33. The van der Waals surface area contributed by atoms with Gasteiger partial charge in [0.15, 0.2) is 17.3 Å². The Morgan fingerprint density at radius 3 is 2.80 bits per heavy atom. The van der Waals surface area contributed by atoms with E-state index in [0.717, 1.165) is 48.0 Å². The summed E-state index contributed by atoms with van der Waals surface area (Å²) in [4.78, 5) is 30.8. The highest BCUT2D eigenvalue weighted by atomic mass is 16.5. The number of aromatic amines is 1. The van der Waals surface area contributed by atoms with Crippen molar-refractivity contribution in [1.29, 1.82) is 0 Å². The summed E-state index contributed by atoms with van der Waals surface area (Å²) >= 11 is 0. The minimum absolute atomic E-state index is 0.0924. The Morgan fingerprint density at radius 1 is 1.17 bits per heavy atom. The molecule has 4 rings (SSSR count). The highest BCUT2D eigenvalue weighted by Crippen LogP contribution is 2.28. The monoisotopic (exact) mass is 407 g/mol. The van der Waals surface area contributed by atoms with Crippen LogP contribution < -0.4 is 15.0 Å². The number of H-pyrrole nitrogens is 1. The fraction of sp³-hybridized carbons (Fsp3) is 0.364. The zero-order valence-corrected chi connectivity index (χ0v) is 17.2. The second-order valence-corrected chi connectivity index (χ2v) is 7.12. The van der Waals surface area contributed by atoms with Crippen molar-refractivity contribution in [3.05, 3.63) is 64.0 Å². The summed E-state index contributed by atoms with van der Waals surface area (Å²) in [6, 6.07) is 6.02. The first kappa shape index (κ1) is 20.0. The molecule has 3 heterocycles. The number of methoxy groups -OCH3 is 1. The fourth-order valence-electron chi connectivity index (χ4n) is 3.70. The third-order valence-electron chi connectivity index (χ3n) is 5.18. The Balaban J connectivity index is 1.51. The summed E-state index contributed by atoms with van der Waals surface area (Å²) in [5.41, 5.74) is 3.22. The lowest BCUT2D eigenvalue weighted by molar-refractivity contribution is 0.277. The van der Waals surface area contributed by atoms with Gasteiger partial charge in [0.2, 0.25) is 0 Å². The molecule has 0 bridgehead atoms. The first-order chi connectivity index (χ1) is 14.7. The van der Waals surface area contributed by atoms with Crippen molar-refractivity contribution in [2.24, 2.45) is 0 Å². The average molecular weight is 407 g/mol. The number of fused-ring (bicyclic) bond motifs is 1. The van der Waals surface area contributed by atoms with E-state index >= 15 is 0 Å². The van der Waals surface area contributed by atoms with Gasteiger partial charge in [-0.1, -0.05) is 6.07 Å². The van der Waals surface area contributed by atoms with Crippen molar-refractivity contribution in [2.75, 3.05) is 26.8 Å². The van der Waals surface area contributed by atoms with Gasteiger partial charge in [0.25, 0.3) is 5.56 Å². The SMILES string of the molecule is CCOc1ccc(CN2CCc3nc(-c4cnccn4)[nH]c(=O)c3CC2)cc1OC. The average Bonchev–Trinajstić information content (AvgIpc) is 2.98. The molecule has 0 radical (unpaired) electrons. The molecule has 2 aromatic heterocycles. The lowest BCUT2D eigenvalue weighted by atomic mass is 10.1. The summed E-state index contributed by atoms with van der Waals surface area (Å²) < 4.78 is 11.1. The number of rotatable bonds is 6. The van der Waals surface area contributed by atoms with Crippen molar-refractivity contribution in [3.63, 3.8) is 0 Å². The Bertz CT molecular complexity index is 1070. The summed E-state index contributed by atoms with van der Waals surface area (Å²) in [7, 11) is 1.65. The predicted molar refractivity (Wildman–Crippen MR) is 113 cm³/mol. The summed E-state index contributed by atoms with van der Waals surface area (Å²) in [5, 5.41) is 0. The van der Waals surface area contributed by atoms with Crippen LogP contribution in [-0.2, 0) is 19.4 Å². The smallest absolute Gasteiger partial charge is 0.254 e. The number of hydrogen-bond donors (Lipinski definition) is 1. The molecule has 0 unspecified atom stereocenters. The van der Waals surface area contributed by atoms with Gasteiger partial charge in [-0.3, -0.25) is 14.7 Å². The first-order valence-corrected chi connectivity index (χ1v) is 10.1. The topological polar surface area (TPSA) is 93.2 Å². The number of aromatic nitrogens is 4. The Morgan fingerprint density at radius 2 is 2.03 bits per heavy atom. The van der Waals surface area contributed by atoms with Crippen molar-refractivity contribution in [2.45, 2.75) is 26.3 Å². The van der Waals surface area contributed by atoms with Crippen LogP contribution in [0.1, 0.15) is 23.7 Å². The van der Waals surface area contributed by atoms with Gasteiger partial charge < -0.3 is 14.5 Å². The van der Waals surface area contributed by atoms with Crippen molar-refractivity contribution < 1.29 is 9.47 Å². The highest BCUT2D eigenvalue weighted by Gasteiger charge is 2.20. The van der Waals surface area contributed by atoms with E-state index in [1.165, 1.54) is 0 Å². The Hall–Kier alpha value is -3.26. The van der Waals surface area contributed by atoms with E-state index in [9.17, 15) is 4.79 Å². The van der Waals surface area contributed by atoms with Crippen LogP contribution in [0.4, 0.5) is 0 Å². The molecular formula is C22H25N5O3. The van der Waals surface area contributed by atoms with E-state index in [2.05, 4.69) is 30.9 Å². The second-order valence-electron chi connectivity index (χ2n) is 7.12. The maximum Gasteiger partial charge on any atom is 0.254 e. The molecule has 0 spiro atoms. The molecule has 0 saturated heterocycles. The first-order valence-electron chi connectivity index (χ1n) is 10.1. The minimum atomic E-state index is -0.0924. The van der Waals surface area contributed by atoms with Crippen LogP contribution in [0, 0.1) is 0 Å². The highest BCUT2D eigenvalue weighted by molar-refractivity contribution is 5.47. The van der Waals surface area contributed by atoms with Gasteiger partial charge in [-0.15, -0.1) is 0 Å². The molecule has 1 aromatic carbocycles. The van der Waals surface area contributed by atoms with Crippen LogP contribution in [0.25, 0.3) is 11.5 Å². The van der Waals surface area contributed by atoms with E-state index < -0.39 is 0 Å². The molecule has 0 fully saturated rings. The summed E-state index contributed by atoms with van der Waals surface area (Å²) in [6.07, 6.45) is 6.16. The maximum absolute atomic E-state index is 12.7. The molecule has 156 valence electrons. The number of nitrogens with one attached hydrogen (secondary N) is 1. The lowest BCUT2D eigenvalue weighted by Crippen LogP contribution is -2.26. The zero-order valence-electron chi connectivity index (χ0n) is 17.2. The molecule has 3 aromatic rings. The largest absolute Gasteiger partial charge is 0.493 e. The van der Waals surface area contributed by atoms with E-state index in [4.69, 9.17) is 9.47 Å². The molecule has 0 atom stereocenters. The summed E-state index contributed by atoms with van der Waals surface area (Å²) in [5.74, 6) is 1.95. The van der Waals surface area contributed by atoms with Crippen LogP contribution in [-0.4, -0.2) is 51.6 Å². The standard InChI is InChI=1S/C22H25N5O3/c1-3-30-19-5-4-15(12-20(19)29-2)14-27-10-6-16-17(7-11-27)25-21(26-22(16)28)18-13-23-8-9-24-18/h4-5,8-9,12-13H,3,6-7,10-11,14H2,1-2H3,(H,25,26,28). The number of benzene rings is 1. The van der Waals surface area contributed by atoms with E-state index in [-0.39, 0.29) is 5.56 Å². The van der Waals surface area contributed by atoms with Crippen LogP contribution in [0.15, 0.2) is 41.6 Å². The van der Waals surface area contributed by atoms with Gasteiger partial charge >= 0.3 is 0 Å². The van der Waals surface area contributed by atoms with Gasteiger partial charge in [-0.05, 0) is 31.0 Å². The van der Waals surface area contributed by atoms with Gasteiger partial charge in [-0.25, -0.2) is 9.97 Å². The molecular weight excluding hydrogens is 382 g/mol. The third-order valence-corrected chi connectivity index (χ3v) is 5.18. The minimum Gasteiger partial charge on any atom is -0.493 e. The predicted octanol–water partition coefficient (Wildman–Crippen LogP) is 2.24. The van der Waals surface area contributed by atoms with Crippen LogP contribution in [0.5, 0.6) is 11.5 Å². The quantitative estimate of drug-likeness (QED) is 0.670. The molecule has 1 aliphatic rings.